The van der Waals surface area contributed by atoms with Crippen molar-refractivity contribution in [2.24, 2.45) is 0 Å². The monoisotopic (exact) mass is 172 g/mol. The molecule has 0 aromatic carbocycles. The molecule has 1 saturated carbocycles. The lowest BCUT2D eigenvalue weighted by molar-refractivity contribution is -0.114. The second-order valence-corrected chi connectivity index (χ2v) is 3.80. The number of ether oxygens (including phenoxy) is 1. The molecule has 12 heavy (non-hydrogen) atoms. The molecule has 1 fully saturated rings. The Morgan fingerprint density at radius 1 is 1.33 bits per heavy atom. The van der Waals surface area contributed by atoms with Crippen LogP contribution in [-0.4, -0.2) is 23.9 Å². The summed E-state index contributed by atoms with van der Waals surface area (Å²) in [5, 5.41) is 10.2. The van der Waals surface area contributed by atoms with Gasteiger partial charge in [-0.15, -0.1) is 0 Å². The van der Waals surface area contributed by atoms with Gasteiger partial charge in [-0.25, -0.2) is 0 Å². The van der Waals surface area contributed by atoms with Crippen molar-refractivity contribution in [3.63, 3.8) is 0 Å². The molecule has 0 spiro atoms. The van der Waals surface area contributed by atoms with Crippen LogP contribution in [0.5, 0.6) is 0 Å². The van der Waals surface area contributed by atoms with Gasteiger partial charge in [0.25, 0.3) is 0 Å². The SMILES string of the molecule is CC[C@H](OC)C1(O)CCCCC1. The maximum absolute atomic E-state index is 10.2. The Kier molecular flexibility index (Phi) is 3.53. The van der Waals surface area contributed by atoms with E-state index in [1.54, 1.807) is 7.11 Å². The molecule has 1 N–H and O–H groups in total. The number of hydrogen-bond acceptors (Lipinski definition) is 2. The van der Waals surface area contributed by atoms with Crippen LogP contribution in [-0.2, 0) is 4.74 Å². The lowest BCUT2D eigenvalue weighted by atomic mass is 9.80. The summed E-state index contributed by atoms with van der Waals surface area (Å²) in [7, 11) is 1.70. The van der Waals surface area contributed by atoms with E-state index in [2.05, 4.69) is 6.92 Å². The summed E-state index contributed by atoms with van der Waals surface area (Å²) in [6.45, 7) is 2.07. The summed E-state index contributed by atoms with van der Waals surface area (Å²) in [6.07, 6.45) is 6.35. The fourth-order valence-electron chi connectivity index (χ4n) is 2.25. The molecule has 72 valence electrons. The van der Waals surface area contributed by atoms with Crippen LogP contribution in [0, 0.1) is 0 Å². The lowest BCUT2D eigenvalue weighted by Gasteiger charge is -2.37. The van der Waals surface area contributed by atoms with E-state index in [0.29, 0.717) is 0 Å². The smallest absolute Gasteiger partial charge is 0.0907 e. The fraction of sp³-hybridized carbons (Fsp3) is 1.00. The predicted octanol–water partition coefficient (Wildman–Crippen LogP) is 2.11. The van der Waals surface area contributed by atoms with Crippen molar-refractivity contribution in [3.8, 4) is 0 Å². The van der Waals surface area contributed by atoms with Crippen molar-refractivity contribution in [2.75, 3.05) is 7.11 Å². The average molecular weight is 172 g/mol. The maximum atomic E-state index is 10.2. The normalized spacial score (nSPS) is 25.2. The molecule has 2 heteroatoms. The molecule has 0 unspecified atom stereocenters. The molecule has 1 rings (SSSR count). The fourth-order valence-corrected chi connectivity index (χ4v) is 2.25. The largest absolute Gasteiger partial charge is 0.387 e. The molecule has 0 heterocycles. The first kappa shape index (κ1) is 10.0. The molecule has 0 bridgehead atoms. The van der Waals surface area contributed by atoms with Crippen molar-refractivity contribution >= 4 is 0 Å². The zero-order valence-corrected chi connectivity index (χ0v) is 8.18. The highest BCUT2D eigenvalue weighted by Gasteiger charge is 2.36. The van der Waals surface area contributed by atoms with E-state index in [-0.39, 0.29) is 6.10 Å². The first-order valence-electron chi connectivity index (χ1n) is 4.98. The van der Waals surface area contributed by atoms with Crippen molar-refractivity contribution in [1.82, 2.24) is 0 Å². The van der Waals surface area contributed by atoms with Gasteiger partial charge in [-0.3, -0.25) is 0 Å². The average Bonchev–Trinajstić information content (AvgIpc) is 2.07. The minimum absolute atomic E-state index is 0.0396. The third-order valence-corrected chi connectivity index (χ3v) is 2.97. The molecule has 0 aromatic rings. The summed E-state index contributed by atoms with van der Waals surface area (Å²) in [6, 6.07) is 0. The first-order valence-corrected chi connectivity index (χ1v) is 4.98. The predicted molar refractivity (Wildman–Crippen MR) is 49.1 cm³/mol. The third-order valence-electron chi connectivity index (χ3n) is 2.97. The van der Waals surface area contributed by atoms with Crippen LogP contribution in [0.15, 0.2) is 0 Å². The zero-order chi connectivity index (χ0) is 9.03. The Hall–Kier alpha value is -0.0800. The molecule has 0 aliphatic heterocycles. The highest BCUT2D eigenvalue weighted by molar-refractivity contribution is 4.89. The second kappa shape index (κ2) is 4.24. The lowest BCUT2D eigenvalue weighted by Crippen LogP contribution is -2.44. The molecule has 2 nitrogen and oxygen atoms in total. The van der Waals surface area contributed by atoms with Gasteiger partial charge < -0.3 is 9.84 Å². The quantitative estimate of drug-likeness (QED) is 0.706. The van der Waals surface area contributed by atoms with Crippen LogP contribution >= 0.6 is 0 Å². The van der Waals surface area contributed by atoms with Gasteiger partial charge >= 0.3 is 0 Å². The molecule has 1 aliphatic carbocycles. The molecular formula is C10H20O2. The van der Waals surface area contributed by atoms with Gasteiger partial charge in [-0.2, -0.15) is 0 Å². The number of hydrogen-bond donors (Lipinski definition) is 1. The molecule has 0 radical (unpaired) electrons. The van der Waals surface area contributed by atoms with Gasteiger partial charge in [0.1, 0.15) is 0 Å². The number of rotatable bonds is 3. The van der Waals surface area contributed by atoms with Crippen molar-refractivity contribution in [3.05, 3.63) is 0 Å². The van der Waals surface area contributed by atoms with E-state index in [1.807, 2.05) is 0 Å². The van der Waals surface area contributed by atoms with E-state index in [0.717, 1.165) is 32.1 Å². The van der Waals surface area contributed by atoms with Crippen LogP contribution in [0.2, 0.25) is 0 Å². The number of aliphatic hydroxyl groups is 1. The van der Waals surface area contributed by atoms with Crippen LogP contribution in [0.3, 0.4) is 0 Å². The van der Waals surface area contributed by atoms with E-state index in [1.165, 1.54) is 6.42 Å². The summed E-state index contributed by atoms with van der Waals surface area (Å²) in [5.74, 6) is 0. The topological polar surface area (TPSA) is 29.5 Å². The minimum atomic E-state index is -0.526. The van der Waals surface area contributed by atoms with Gasteiger partial charge in [0.05, 0.1) is 11.7 Å². The Morgan fingerprint density at radius 2 is 1.92 bits per heavy atom. The summed E-state index contributed by atoms with van der Waals surface area (Å²) in [5.41, 5.74) is -0.526. The van der Waals surface area contributed by atoms with Gasteiger partial charge in [0, 0.05) is 7.11 Å². The highest BCUT2D eigenvalue weighted by atomic mass is 16.5. The molecule has 1 atom stereocenters. The second-order valence-electron chi connectivity index (χ2n) is 3.80. The van der Waals surface area contributed by atoms with Gasteiger partial charge in [-0.1, -0.05) is 26.2 Å². The zero-order valence-electron chi connectivity index (χ0n) is 8.18. The standard InChI is InChI=1S/C10H20O2/c1-3-9(12-2)10(11)7-5-4-6-8-10/h9,11H,3-8H2,1-2H3/t9-/m0/s1. The van der Waals surface area contributed by atoms with Crippen LogP contribution < -0.4 is 0 Å². The minimum Gasteiger partial charge on any atom is -0.387 e. The molecule has 0 aromatic heterocycles. The number of methoxy groups -OCH3 is 1. The first-order chi connectivity index (χ1) is 5.73. The van der Waals surface area contributed by atoms with Gasteiger partial charge in [-0.05, 0) is 19.3 Å². The van der Waals surface area contributed by atoms with E-state index in [9.17, 15) is 5.11 Å². The Balaban J connectivity index is 2.53. The molecule has 0 amide bonds. The van der Waals surface area contributed by atoms with Crippen molar-refractivity contribution in [1.29, 1.82) is 0 Å². The van der Waals surface area contributed by atoms with E-state index in [4.69, 9.17) is 4.74 Å². The van der Waals surface area contributed by atoms with Gasteiger partial charge in [0.2, 0.25) is 0 Å². The maximum Gasteiger partial charge on any atom is 0.0907 e. The third kappa shape index (κ3) is 1.99. The summed E-state index contributed by atoms with van der Waals surface area (Å²) < 4.78 is 5.29. The van der Waals surface area contributed by atoms with Gasteiger partial charge in [0.15, 0.2) is 0 Å². The molecular weight excluding hydrogens is 152 g/mol. The molecule has 1 aliphatic rings. The van der Waals surface area contributed by atoms with E-state index >= 15 is 0 Å². The van der Waals surface area contributed by atoms with Crippen LogP contribution in [0.1, 0.15) is 45.4 Å². The Bertz CT molecular complexity index is 124. The van der Waals surface area contributed by atoms with Crippen molar-refractivity contribution in [2.45, 2.75) is 57.2 Å². The van der Waals surface area contributed by atoms with Crippen LogP contribution in [0.4, 0.5) is 0 Å². The Morgan fingerprint density at radius 3 is 2.33 bits per heavy atom. The Labute approximate surface area is 74.9 Å². The highest BCUT2D eigenvalue weighted by Crippen LogP contribution is 2.33. The van der Waals surface area contributed by atoms with Crippen LogP contribution in [0.25, 0.3) is 0 Å². The molecule has 0 saturated heterocycles. The van der Waals surface area contributed by atoms with Crippen molar-refractivity contribution < 1.29 is 9.84 Å². The summed E-state index contributed by atoms with van der Waals surface area (Å²) >= 11 is 0. The summed E-state index contributed by atoms with van der Waals surface area (Å²) in [4.78, 5) is 0. The van der Waals surface area contributed by atoms with E-state index < -0.39 is 5.60 Å².